The van der Waals surface area contributed by atoms with Crippen LogP contribution in [0.5, 0.6) is 5.75 Å². The molecule has 1 aromatic carbocycles. The summed E-state index contributed by atoms with van der Waals surface area (Å²) in [6, 6.07) is 8.08. The molecule has 0 aliphatic rings. The monoisotopic (exact) mass is 325 g/mol. The summed E-state index contributed by atoms with van der Waals surface area (Å²) < 4.78 is 7.60. The number of imidazole rings is 1. The van der Waals surface area contributed by atoms with Crippen molar-refractivity contribution in [1.29, 1.82) is 0 Å². The lowest BCUT2D eigenvalue weighted by atomic mass is 10.1. The Bertz CT molecular complexity index is 884. The molecule has 5 heteroatoms. The van der Waals surface area contributed by atoms with E-state index in [9.17, 15) is 5.11 Å². The van der Waals surface area contributed by atoms with Gasteiger partial charge in [-0.2, -0.15) is 0 Å². The number of hydrogen-bond donors (Lipinski definition) is 1. The summed E-state index contributed by atoms with van der Waals surface area (Å²) in [6.07, 6.45) is 1.39. The van der Waals surface area contributed by atoms with Gasteiger partial charge in [-0.25, -0.2) is 9.97 Å². The van der Waals surface area contributed by atoms with Crippen molar-refractivity contribution < 1.29 is 9.84 Å². The van der Waals surface area contributed by atoms with E-state index in [0.29, 0.717) is 6.42 Å². The molecule has 0 amide bonds. The first-order valence-electron chi connectivity index (χ1n) is 8.22. The van der Waals surface area contributed by atoms with Gasteiger partial charge in [-0.1, -0.05) is 13.0 Å². The van der Waals surface area contributed by atoms with Gasteiger partial charge in [0.15, 0.2) is 5.65 Å². The maximum atomic E-state index is 9.20. The van der Waals surface area contributed by atoms with Gasteiger partial charge >= 0.3 is 0 Å². The van der Waals surface area contributed by atoms with E-state index in [2.05, 4.69) is 24.5 Å². The molecule has 126 valence electrons. The van der Waals surface area contributed by atoms with Crippen LogP contribution in [0.2, 0.25) is 0 Å². The number of aliphatic hydroxyl groups excluding tert-OH is 1. The molecular formula is C19H23N3O2. The van der Waals surface area contributed by atoms with E-state index in [0.717, 1.165) is 51.7 Å². The van der Waals surface area contributed by atoms with Gasteiger partial charge in [-0.15, -0.1) is 0 Å². The second-order valence-corrected chi connectivity index (χ2v) is 5.94. The Kier molecular flexibility index (Phi) is 4.53. The predicted molar refractivity (Wildman–Crippen MR) is 95.1 cm³/mol. The fourth-order valence-corrected chi connectivity index (χ4v) is 3.11. The van der Waals surface area contributed by atoms with Crippen LogP contribution in [0.15, 0.2) is 24.3 Å². The first kappa shape index (κ1) is 16.5. The molecule has 0 saturated carbocycles. The Morgan fingerprint density at radius 3 is 2.62 bits per heavy atom. The highest BCUT2D eigenvalue weighted by atomic mass is 16.5. The fourth-order valence-electron chi connectivity index (χ4n) is 3.11. The van der Waals surface area contributed by atoms with Gasteiger partial charge in [-0.05, 0) is 43.5 Å². The molecule has 3 rings (SSSR count). The molecule has 0 unspecified atom stereocenters. The maximum absolute atomic E-state index is 9.20. The molecule has 2 heterocycles. The van der Waals surface area contributed by atoms with Crippen molar-refractivity contribution in [3.05, 3.63) is 46.9 Å². The Labute approximate surface area is 141 Å². The molecule has 0 saturated heterocycles. The minimum absolute atomic E-state index is 0.101. The van der Waals surface area contributed by atoms with Crippen LogP contribution in [-0.2, 0) is 12.8 Å². The van der Waals surface area contributed by atoms with Crippen LogP contribution in [0.25, 0.3) is 16.9 Å². The summed E-state index contributed by atoms with van der Waals surface area (Å²) in [5.41, 5.74) is 5.90. The normalized spacial score (nSPS) is 11.2. The van der Waals surface area contributed by atoms with Gasteiger partial charge in [0.25, 0.3) is 0 Å². The first-order valence-corrected chi connectivity index (χ1v) is 8.22. The lowest BCUT2D eigenvalue weighted by Gasteiger charge is -2.13. The SMILES string of the molecule is CCc1nc2c(C)cc(C)nc2n1-c1ccc(CCO)c(OC)c1. The minimum atomic E-state index is 0.101. The van der Waals surface area contributed by atoms with E-state index in [-0.39, 0.29) is 6.61 Å². The standard InChI is InChI=1S/C19H23N3O2/c1-5-17-21-18-12(2)10-13(3)20-19(18)22(17)15-7-6-14(8-9-23)16(11-15)24-4/h6-7,10-11,23H,5,8-9H2,1-4H3. The van der Waals surface area contributed by atoms with Crippen LogP contribution >= 0.6 is 0 Å². The zero-order valence-electron chi connectivity index (χ0n) is 14.6. The molecule has 24 heavy (non-hydrogen) atoms. The molecule has 3 aromatic rings. The van der Waals surface area contributed by atoms with Crippen LogP contribution in [0.1, 0.15) is 29.6 Å². The molecule has 0 atom stereocenters. The molecular weight excluding hydrogens is 302 g/mol. The maximum Gasteiger partial charge on any atom is 0.165 e. The van der Waals surface area contributed by atoms with Gasteiger partial charge in [0, 0.05) is 24.8 Å². The van der Waals surface area contributed by atoms with Crippen LogP contribution < -0.4 is 4.74 Å². The van der Waals surface area contributed by atoms with E-state index in [1.807, 2.05) is 25.1 Å². The number of aliphatic hydroxyl groups is 1. The van der Waals surface area contributed by atoms with Crippen molar-refractivity contribution in [1.82, 2.24) is 14.5 Å². The van der Waals surface area contributed by atoms with Gasteiger partial charge < -0.3 is 9.84 Å². The second-order valence-electron chi connectivity index (χ2n) is 5.94. The number of aromatic nitrogens is 3. The zero-order valence-corrected chi connectivity index (χ0v) is 14.6. The largest absolute Gasteiger partial charge is 0.496 e. The molecule has 2 aromatic heterocycles. The van der Waals surface area contributed by atoms with Gasteiger partial charge in [0.2, 0.25) is 0 Å². The molecule has 1 N–H and O–H groups in total. The number of ether oxygens (including phenoxy) is 1. The van der Waals surface area contributed by atoms with E-state index >= 15 is 0 Å². The molecule has 0 aliphatic carbocycles. The lowest BCUT2D eigenvalue weighted by Crippen LogP contribution is -2.03. The number of nitrogens with zero attached hydrogens (tertiary/aromatic N) is 3. The third-order valence-electron chi connectivity index (χ3n) is 4.23. The molecule has 0 spiro atoms. The van der Waals surface area contributed by atoms with E-state index in [4.69, 9.17) is 14.7 Å². The number of rotatable bonds is 5. The van der Waals surface area contributed by atoms with Gasteiger partial charge in [0.1, 0.15) is 17.1 Å². The summed E-state index contributed by atoms with van der Waals surface area (Å²) in [5, 5.41) is 9.20. The quantitative estimate of drug-likeness (QED) is 0.783. The highest BCUT2D eigenvalue weighted by Crippen LogP contribution is 2.28. The summed E-state index contributed by atoms with van der Waals surface area (Å²) in [6.45, 7) is 6.26. The zero-order chi connectivity index (χ0) is 17.3. The predicted octanol–water partition coefficient (Wildman–Crippen LogP) is 3.14. The smallest absolute Gasteiger partial charge is 0.165 e. The van der Waals surface area contributed by atoms with Crippen LogP contribution in [0.4, 0.5) is 0 Å². The number of fused-ring (bicyclic) bond motifs is 1. The van der Waals surface area contributed by atoms with Gasteiger partial charge in [-0.3, -0.25) is 4.57 Å². The molecule has 0 fully saturated rings. The first-order chi connectivity index (χ1) is 11.6. The van der Waals surface area contributed by atoms with Gasteiger partial charge in [0.05, 0.1) is 12.8 Å². The highest BCUT2D eigenvalue weighted by Gasteiger charge is 2.16. The van der Waals surface area contributed by atoms with Crippen molar-refractivity contribution >= 4 is 11.2 Å². The van der Waals surface area contributed by atoms with Crippen LogP contribution in [0.3, 0.4) is 0 Å². The summed E-state index contributed by atoms with van der Waals surface area (Å²) >= 11 is 0. The van der Waals surface area contributed by atoms with Crippen LogP contribution in [0, 0.1) is 13.8 Å². The molecule has 0 bridgehead atoms. The Morgan fingerprint density at radius 1 is 1.17 bits per heavy atom. The number of benzene rings is 1. The third-order valence-corrected chi connectivity index (χ3v) is 4.23. The number of aryl methyl sites for hydroxylation is 3. The van der Waals surface area contributed by atoms with Crippen molar-refractivity contribution in [2.24, 2.45) is 0 Å². The van der Waals surface area contributed by atoms with Crippen molar-refractivity contribution in [2.75, 3.05) is 13.7 Å². The number of hydrogen-bond acceptors (Lipinski definition) is 4. The second kappa shape index (κ2) is 6.61. The average Bonchev–Trinajstić information content (AvgIpc) is 2.94. The van der Waals surface area contributed by atoms with Crippen molar-refractivity contribution in [3.63, 3.8) is 0 Å². The van der Waals surface area contributed by atoms with E-state index in [1.54, 1.807) is 7.11 Å². The number of methoxy groups -OCH3 is 1. The molecule has 0 radical (unpaired) electrons. The van der Waals surface area contributed by atoms with Crippen molar-refractivity contribution in [3.8, 4) is 11.4 Å². The lowest BCUT2D eigenvalue weighted by molar-refractivity contribution is 0.296. The minimum Gasteiger partial charge on any atom is -0.496 e. The fraction of sp³-hybridized carbons (Fsp3) is 0.368. The van der Waals surface area contributed by atoms with E-state index < -0.39 is 0 Å². The Balaban J connectivity index is 2.25. The van der Waals surface area contributed by atoms with E-state index in [1.165, 1.54) is 0 Å². The average molecular weight is 325 g/mol. The summed E-state index contributed by atoms with van der Waals surface area (Å²) in [5.74, 6) is 1.75. The summed E-state index contributed by atoms with van der Waals surface area (Å²) in [4.78, 5) is 9.50. The third kappa shape index (κ3) is 2.76. The topological polar surface area (TPSA) is 60.2 Å². The Hall–Kier alpha value is -2.40. The van der Waals surface area contributed by atoms with Crippen LogP contribution in [-0.4, -0.2) is 33.4 Å². The highest BCUT2D eigenvalue weighted by molar-refractivity contribution is 5.78. The molecule has 5 nitrogen and oxygen atoms in total. The Morgan fingerprint density at radius 2 is 1.96 bits per heavy atom. The molecule has 0 aliphatic heterocycles. The number of pyridine rings is 1. The van der Waals surface area contributed by atoms with Crippen molar-refractivity contribution in [2.45, 2.75) is 33.6 Å². The summed E-state index contributed by atoms with van der Waals surface area (Å²) in [7, 11) is 1.65.